The van der Waals surface area contributed by atoms with Gasteiger partial charge in [0.05, 0.1) is 0 Å². The molecule has 0 radical (unpaired) electrons. The van der Waals surface area contributed by atoms with E-state index < -0.39 is 23.6 Å². The summed E-state index contributed by atoms with van der Waals surface area (Å²) in [6.45, 7) is 0. The molecule has 0 spiro atoms. The number of ketones is 1. The highest BCUT2D eigenvalue weighted by molar-refractivity contribution is 6.10. The molecule has 0 amide bonds. The van der Waals surface area contributed by atoms with Crippen molar-refractivity contribution in [3.8, 4) is 11.5 Å². The van der Waals surface area contributed by atoms with Crippen molar-refractivity contribution >= 4 is 5.78 Å². The van der Waals surface area contributed by atoms with Crippen LogP contribution in [0.5, 0.6) is 11.5 Å². The van der Waals surface area contributed by atoms with Crippen molar-refractivity contribution in [2.45, 2.75) is 6.17 Å². The lowest BCUT2D eigenvalue weighted by Crippen LogP contribution is -2.23. The van der Waals surface area contributed by atoms with Crippen LogP contribution in [0.3, 0.4) is 0 Å². The van der Waals surface area contributed by atoms with Crippen LogP contribution in [0.25, 0.3) is 0 Å². The van der Waals surface area contributed by atoms with Crippen LogP contribution in [-0.4, -0.2) is 5.78 Å². The zero-order valence-corrected chi connectivity index (χ0v) is 9.49. The first-order valence-corrected chi connectivity index (χ1v) is 5.51. The van der Waals surface area contributed by atoms with E-state index in [4.69, 9.17) is 4.74 Å². The average molecular weight is 264 g/mol. The highest BCUT2D eigenvalue weighted by Gasteiger charge is 2.39. The molecule has 1 aliphatic carbocycles. The quantitative estimate of drug-likeness (QED) is 0.820. The van der Waals surface area contributed by atoms with E-state index in [-0.39, 0.29) is 22.6 Å². The maximum atomic E-state index is 13.4. The Balaban J connectivity index is 1.99. The second kappa shape index (κ2) is 4.12. The smallest absolute Gasteiger partial charge is 0.202 e. The summed E-state index contributed by atoms with van der Waals surface area (Å²) in [6.07, 6.45) is -1.73. The Labute approximate surface area is 106 Å². The number of ether oxygens (including phenoxy) is 1. The van der Waals surface area contributed by atoms with Gasteiger partial charge in [-0.15, -0.1) is 0 Å². The van der Waals surface area contributed by atoms with Crippen LogP contribution in [0.1, 0.15) is 22.1 Å². The number of alkyl halides is 1. The lowest BCUT2D eigenvalue weighted by molar-refractivity contribution is 0.0824. The highest BCUT2D eigenvalue weighted by atomic mass is 19.1. The number of carbonyl (C=O) groups is 1. The molecule has 0 saturated carbocycles. The number of hydrogen-bond acceptors (Lipinski definition) is 2. The molecule has 0 saturated heterocycles. The third-order valence-electron chi connectivity index (χ3n) is 2.88. The van der Waals surface area contributed by atoms with E-state index >= 15 is 0 Å². The number of rotatable bonds is 2. The van der Waals surface area contributed by atoms with Gasteiger partial charge in [-0.25, -0.2) is 13.2 Å². The number of halogens is 3. The van der Waals surface area contributed by atoms with Crippen LogP contribution in [-0.2, 0) is 0 Å². The molecule has 2 aromatic carbocycles. The van der Waals surface area contributed by atoms with Gasteiger partial charge in [0.2, 0.25) is 5.78 Å². The highest BCUT2D eigenvalue weighted by Crippen LogP contribution is 2.43. The normalized spacial score (nSPS) is 16.8. The molecule has 0 aromatic heterocycles. The van der Waals surface area contributed by atoms with Crippen molar-refractivity contribution in [3.63, 3.8) is 0 Å². The van der Waals surface area contributed by atoms with Gasteiger partial charge in [-0.2, -0.15) is 0 Å². The van der Waals surface area contributed by atoms with Gasteiger partial charge in [0, 0.05) is 29.3 Å². The summed E-state index contributed by atoms with van der Waals surface area (Å²) >= 11 is 0. The standard InChI is InChI=1S/C14H7F3O2/c15-7-4-8(16)6-9(5-7)19-11-3-1-2-10-12(11)13(17)14(10)18/h1-6,13H. The van der Waals surface area contributed by atoms with Crippen LogP contribution >= 0.6 is 0 Å². The molecule has 1 atom stereocenters. The van der Waals surface area contributed by atoms with E-state index in [0.717, 1.165) is 12.1 Å². The number of benzene rings is 2. The van der Waals surface area contributed by atoms with Crippen molar-refractivity contribution in [1.82, 2.24) is 0 Å². The summed E-state index contributed by atoms with van der Waals surface area (Å²) in [6, 6.07) is 7.12. The largest absolute Gasteiger partial charge is 0.457 e. The molecule has 1 unspecified atom stereocenters. The van der Waals surface area contributed by atoms with Gasteiger partial charge in [0.1, 0.15) is 23.1 Å². The molecule has 3 rings (SSSR count). The zero-order valence-electron chi connectivity index (χ0n) is 9.49. The summed E-state index contributed by atoms with van der Waals surface area (Å²) in [5, 5.41) is 0. The van der Waals surface area contributed by atoms with E-state index in [1.165, 1.54) is 18.2 Å². The van der Waals surface area contributed by atoms with Gasteiger partial charge >= 0.3 is 0 Å². The van der Waals surface area contributed by atoms with Gasteiger partial charge < -0.3 is 4.74 Å². The van der Waals surface area contributed by atoms with Crippen LogP contribution in [0.15, 0.2) is 36.4 Å². The van der Waals surface area contributed by atoms with Crippen molar-refractivity contribution in [1.29, 1.82) is 0 Å². The van der Waals surface area contributed by atoms with E-state index in [9.17, 15) is 18.0 Å². The molecule has 1 aliphatic rings. The molecule has 19 heavy (non-hydrogen) atoms. The monoisotopic (exact) mass is 264 g/mol. The van der Waals surface area contributed by atoms with Gasteiger partial charge in [-0.3, -0.25) is 4.79 Å². The minimum Gasteiger partial charge on any atom is -0.457 e. The van der Waals surface area contributed by atoms with Gasteiger partial charge in [0.15, 0.2) is 6.17 Å². The van der Waals surface area contributed by atoms with Gasteiger partial charge in [-0.05, 0) is 6.07 Å². The van der Waals surface area contributed by atoms with Crippen LogP contribution in [0.4, 0.5) is 13.2 Å². The second-order valence-corrected chi connectivity index (χ2v) is 4.15. The van der Waals surface area contributed by atoms with E-state index in [1.54, 1.807) is 0 Å². The maximum Gasteiger partial charge on any atom is 0.202 e. The van der Waals surface area contributed by atoms with Crippen molar-refractivity contribution in [3.05, 3.63) is 59.2 Å². The molecular weight excluding hydrogens is 257 g/mol. The zero-order chi connectivity index (χ0) is 13.6. The first kappa shape index (κ1) is 11.8. The van der Waals surface area contributed by atoms with E-state index in [1.807, 2.05) is 0 Å². The Kier molecular flexibility index (Phi) is 2.55. The predicted molar refractivity (Wildman–Crippen MR) is 61.1 cm³/mol. The summed E-state index contributed by atoms with van der Waals surface area (Å²) in [7, 11) is 0. The third kappa shape index (κ3) is 1.87. The lowest BCUT2D eigenvalue weighted by atomic mass is 9.84. The first-order valence-electron chi connectivity index (χ1n) is 5.51. The molecule has 0 N–H and O–H groups in total. The molecule has 0 bridgehead atoms. The third-order valence-corrected chi connectivity index (χ3v) is 2.88. The predicted octanol–water partition coefficient (Wildman–Crippen LogP) is 3.96. The van der Waals surface area contributed by atoms with E-state index in [2.05, 4.69) is 0 Å². The van der Waals surface area contributed by atoms with Crippen molar-refractivity contribution < 1.29 is 22.7 Å². The minimum atomic E-state index is -1.73. The Hall–Kier alpha value is -2.30. The van der Waals surface area contributed by atoms with Crippen LogP contribution in [0, 0.1) is 11.6 Å². The van der Waals surface area contributed by atoms with Crippen molar-refractivity contribution in [2.75, 3.05) is 0 Å². The maximum absolute atomic E-state index is 13.4. The first-order chi connectivity index (χ1) is 9.06. The summed E-state index contributed by atoms with van der Waals surface area (Å²) < 4.78 is 44.7. The number of fused-ring (bicyclic) bond motifs is 1. The van der Waals surface area contributed by atoms with Gasteiger partial charge in [0.25, 0.3) is 0 Å². The fraction of sp³-hybridized carbons (Fsp3) is 0.0714. The molecule has 0 heterocycles. The average Bonchev–Trinajstić information content (AvgIpc) is 2.36. The molecule has 0 aliphatic heterocycles. The summed E-state index contributed by atoms with van der Waals surface area (Å²) in [5.74, 6) is -2.19. The molecular formula is C14H7F3O2. The summed E-state index contributed by atoms with van der Waals surface area (Å²) in [5.41, 5.74) is 0.360. The SMILES string of the molecule is O=C1c2cccc(Oc3cc(F)cc(F)c3)c2C1F. The Morgan fingerprint density at radius 1 is 1.05 bits per heavy atom. The molecule has 96 valence electrons. The second-order valence-electron chi connectivity index (χ2n) is 4.15. The van der Waals surface area contributed by atoms with Crippen LogP contribution in [0.2, 0.25) is 0 Å². The molecule has 2 aromatic rings. The Morgan fingerprint density at radius 2 is 1.74 bits per heavy atom. The minimum absolute atomic E-state index is 0.0857. The lowest BCUT2D eigenvalue weighted by Gasteiger charge is -2.24. The van der Waals surface area contributed by atoms with Crippen LogP contribution < -0.4 is 4.74 Å². The number of Topliss-reactive ketones (excluding diaryl/α,β-unsaturated/α-hetero) is 1. The Morgan fingerprint density at radius 3 is 2.42 bits per heavy atom. The topological polar surface area (TPSA) is 26.3 Å². The summed E-state index contributed by atoms with van der Waals surface area (Å²) in [4.78, 5) is 11.2. The molecule has 2 nitrogen and oxygen atoms in total. The fourth-order valence-electron chi connectivity index (χ4n) is 2.01. The molecule has 5 heteroatoms. The fourth-order valence-corrected chi connectivity index (χ4v) is 2.01. The van der Waals surface area contributed by atoms with Crippen molar-refractivity contribution in [2.24, 2.45) is 0 Å². The Bertz CT molecular complexity index is 662. The number of hydrogen-bond donors (Lipinski definition) is 0. The number of carbonyl (C=O) groups excluding carboxylic acids is 1. The van der Waals surface area contributed by atoms with E-state index in [0.29, 0.717) is 6.07 Å². The van der Waals surface area contributed by atoms with Gasteiger partial charge in [-0.1, -0.05) is 12.1 Å². The molecule has 0 fully saturated rings.